The number of nitrogens with zero attached hydrogens (tertiary/aromatic N) is 4. The second kappa shape index (κ2) is 12.7. The van der Waals surface area contributed by atoms with Crippen molar-refractivity contribution in [2.45, 2.75) is 63.8 Å². The predicted molar refractivity (Wildman–Crippen MR) is 128 cm³/mol. The molecule has 0 bridgehead atoms. The van der Waals surface area contributed by atoms with Gasteiger partial charge in [-0.15, -0.1) is 10.2 Å². The predicted octanol–water partition coefficient (Wildman–Crippen LogP) is 4.08. The van der Waals surface area contributed by atoms with Gasteiger partial charge in [-0.1, -0.05) is 32.0 Å². The number of hydrogen-bond donors (Lipinski definition) is 1. The van der Waals surface area contributed by atoms with Gasteiger partial charge in [-0.2, -0.15) is 0 Å². The molecule has 1 heterocycles. The Bertz CT molecular complexity index is 871. The zero-order chi connectivity index (χ0) is 23.7. The van der Waals surface area contributed by atoms with Gasteiger partial charge >= 0.3 is 0 Å². The summed E-state index contributed by atoms with van der Waals surface area (Å²) in [5, 5.41) is 12.7. The lowest BCUT2D eigenvalue weighted by molar-refractivity contribution is -0.119. The molecule has 2 aromatic rings. The summed E-state index contributed by atoms with van der Waals surface area (Å²) in [4.78, 5) is 14.9. The smallest absolute Gasteiger partial charge is 0.230 e. The zero-order valence-electron chi connectivity index (χ0n) is 20.3. The van der Waals surface area contributed by atoms with Crippen molar-refractivity contribution in [3.63, 3.8) is 0 Å². The number of methoxy groups -OCH3 is 2. The first-order valence-electron chi connectivity index (χ1n) is 11.1. The summed E-state index contributed by atoms with van der Waals surface area (Å²) in [7, 11) is 7.35. The van der Waals surface area contributed by atoms with Gasteiger partial charge in [-0.25, -0.2) is 0 Å². The fourth-order valence-corrected chi connectivity index (χ4v) is 4.41. The Morgan fingerprint density at radius 1 is 1.22 bits per heavy atom. The molecule has 0 fully saturated rings. The van der Waals surface area contributed by atoms with Gasteiger partial charge in [0.2, 0.25) is 5.91 Å². The van der Waals surface area contributed by atoms with Crippen LogP contribution in [-0.2, 0) is 11.3 Å². The van der Waals surface area contributed by atoms with Gasteiger partial charge in [0, 0.05) is 12.1 Å². The maximum absolute atomic E-state index is 12.7. The standard InChI is InChI=1S/C23H37N5O3S/c1-8-10-13-28-22(19(9-2)27(4)5)25-26-23(28)32-15-21(29)24-16(3)18-14-17(30-6)11-12-20(18)31-7/h11-12,14,16,19H,8-10,13,15H2,1-7H3,(H,24,29). The van der Waals surface area contributed by atoms with E-state index in [0.717, 1.165) is 48.1 Å². The molecule has 1 aromatic carbocycles. The molecule has 2 atom stereocenters. The fourth-order valence-electron chi connectivity index (χ4n) is 3.63. The molecule has 1 aromatic heterocycles. The van der Waals surface area contributed by atoms with Crippen molar-refractivity contribution in [2.75, 3.05) is 34.1 Å². The Labute approximate surface area is 196 Å². The number of ether oxygens (including phenoxy) is 2. The molecule has 0 aliphatic heterocycles. The van der Waals surface area contributed by atoms with Crippen LogP contribution in [0.2, 0.25) is 0 Å². The van der Waals surface area contributed by atoms with E-state index >= 15 is 0 Å². The molecule has 0 saturated carbocycles. The number of nitrogens with one attached hydrogen (secondary N) is 1. The van der Waals surface area contributed by atoms with Gasteiger partial charge in [0.1, 0.15) is 11.5 Å². The summed E-state index contributed by atoms with van der Waals surface area (Å²) in [6.45, 7) is 7.11. The molecule has 0 radical (unpaired) electrons. The highest BCUT2D eigenvalue weighted by Gasteiger charge is 2.22. The van der Waals surface area contributed by atoms with E-state index in [0.29, 0.717) is 5.75 Å². The number of carbonyl (C=O) groups excluding carboxylic acids is 1. The molecule has 32 heavy (non-hydrogen) atoms. The third-order valence-electron chi connectivity index (χ3n) is 5.40. The molecule has 2 unspecified atom stereocenters. The lowest BCUT2D eigenvalue weighted by Crippen LogP contribution is -2.28. The first kappa shape index (κ1) is 26.0. The molecule has 0 spiro atoms. The Kier molecular flexibility index (Phi) is 10.3. The summed E-state index contributed by atoms with van der Waals surface area (Å²) in [6.07, 6.45) is 3.07. The van der Waals surface area contributed by atoms with E-state index in [1.807, 2.05) is 25.1 Å². The first-order valence-corrected chi connectivity index (χ1v) is 12.1. The van der Waals surface area contributed by atoms with E-state index in [9.17, 15) is 4.79 Å². The van der Waals surface area contributed by atoms with Crippen LogP contribution in [0.5, 0.6) is 11.5 Å². The van der Waals surface area contributed by atoms with Crippen molar-refractivity contribution in [1.29, 1.82) is 0 Å². The van der Waals surface area contributed by atoms with E-state index in [-0.39, 0.29) is 23.7 Å². The van der Waals surface area contributed by atoms with Crippen molar-refractivity contribution in [2.24, 2.45) is 0 Å². The maximum atomic E-state index is 12.7. The van der Waals surface area contributed by atoms with Crippen LogP contribution in [0.1, 0.15) is 63.5 Å². The van der Waals surface area contributed by atoms with Crippen molar-refractivity contribution in [3.05, 3.63) is 29.6 Å². The highest BCUT2D eigenvalue weighted by atomic mass is 32.2. The summed E-state index contributed by atoms with van der Waals surface area (Å²) in [5.41, 5.74) is 0.871. The summed E-state index contributed by atoms with van der Waals surface area (Å²) in [5.74, 6) is 2.59. The van der Waals surface area contributed by atoms with Crippen LogP contribution < -0.4 is 14.8 Å². The molecular formula is C23H37N5O3S. The number of unbranched alkanes of at least 4 members (excludes halogenated alkanes) is 1. The van der Waals surface area contributed by atoms with Crippen LogP contribution in [-0.4, -0.2) is 59.6 Å². The molecule has 1 N–H and O–H groups in total. The molecular weight excluding hydrogens is 426 g/mol. The number of amides is 1. The van der Waals surface area contributed by atoms with Gasteiger partial charge in [-0.05, 0) is 52.1 Å². The molecule has 0 saturated heterocycles. The van der Waals surface area contributed by atoms with E-state index in [2.05, 4.69) is 52.9 Å². The van der Waals surface area contributed by atoms with E-state index in [1.165, 1.54) is 11.8 Å². The van der Waals surface area contributed by atoms with Gasteiger partial charge in [0.15, 0.2) is 11.0 Å². The molecule has 0 aliphatic rings. The quantitative estimate of drug-likeness (QED) is 0.448. The van der Waals surface area contributed by atoms with Gasteiger partial charge in [0.25, 0.3) is 0 Å². The average Bonchev–Trinajstić information content (AvgIpc) is 3.18. The molecule has 178 valence electrons. The van der Waals surface area contributed by atoms with Crippen LogP contribution in [0.4, 0.5) is 0 Å². The third-order valence-corrected chi connectivity index (χ3v) is 6.37. The fraction of sp³-hybridized carbons (Fsp3) is 0.609. The molecule has 1 amide bonds. The molecule has 9 heteroatoms. The van der Waals surface area contributed by atoms with E-state index in [4.69, 9.17) is 9.47 Å². The normalized spacial score (nSPS) is 13.1. The molecule has 2 rings (SSSR count). The second-order valence-corrected chi connectivity index (χ2v) is 8.86. The number of hydrogen-bond acceptors (Lipinski definition) is 7. The average molecular weight is 464 g/mol. The second-order valence-electron chi connectivity index (χ2n) is 7.92. The summed E-state index contributed by atoms with van der Waals surface area (Å²) in [6, 6.07) is 5.54. The highest BCUT2D eigenvalue weighted by molar-refractivity contribution is 7.99. The number of aromatic nitrogens is 3. The number of rotatable bonds is 13. The number of carbonyl (C=O) groups is 1. The van der Waals surface area contributed by atoms with Crippen LogP contribution in [0, 0.1) is 0 Å². The van der Waals surface area contributed by atoms with Gasteiger partial charge in [-0.3, -0.25) is 9.69 Å². The lowest BCUT2D eigenvalue weighted by atomic mass is 10.1. The van der Waals surface area contributed by atoms with E-state index < -0.39 is 0 Å². The van der Waals surface area contributed by atoms with Crippen molar-refractivity contribution in [1.82, 2.24) is 25.0 Å². The minimum atomic E-state index is -0.222. The number of thioether (sulfide) groups is 1. The number of benzene rings is 1. The third kappa shape index (κ3) is 6.62. The summed E-state index contributed by atoms with van der Waals surface area (Å²) < 4.78 is 12.9. The van der Waals surface area contributed by atoms with Crippen LogP contribution in [0.25, 0.3) is 0 Å². The van der Waals surface area contributed by atoms with Crippen molar-refractivity contribution < 1.29 is 14.3 Å². The van der Waals surface area contributed by atoms with E-state index in [1.54, 1.807) is 14.2 Å². The molecule has 8 nitrogen and oxygen atoms in total. The van der Waals surface area contributed by atoms with Gasteiger partial charge in [0.05, 0.1) is 32.1 Å². The summed E-state index contributed by atoms with van der Waals surface area (Å²) >= 11 is 1.42. The van der Waals surface area contributed by atoms with Gasteiger partial charge < -0.3 is 19.4 Å². The highest BCUT2D eigenvalue weighted by Crippen LogP contribution is 2.30. The minimum Gasteiger partial charge on any atom is -0.497 e. The SMILES string of the molecule is CCCCn1c(SCC(=O)NC(C)c2cc(OC)ccc2OC)nnc1C(CC)N(C)C. The van der Waals surface area contributed by atoms with Crippen molar-refractivity contribution >= 4 is 17.7 Å². The zero-order valence-corrected chi connectivity index (χ0v) is 21.2. The van der Waals surface area contributed by atoms with Crippen molar-refractivity contribution in [3.8, 4) is 11.5 Å². The Balaban J connectivity index is 2.10. The largest absolute Gasteiger partial charge is 0.497 e. The maximum Gasteiger partial charge on any atom is 0.230 e. The monoisotopic (exact) mass is 463 g/mol. The first-order chi connectivity index (χ1) is 15.4. The lowest BCUT2D eigenvalue weighted by Gasteiger charge is -2.23. The Morgan fingerprint density at radius 2 is 1.97 bits per heavy atom. The van der Waals surface area contributed by atoms with Crippen LogP contribution in [0.3, 0.4) is 0 Å². The van der Waals surface area contributed by atoms with Crippen LogP contribution in [0.15, 0.2) is 23.4 Å². The Morgan fingerprint density at radius 3 is 2.56 bits per heavy atom. The molecule has 0 aliphatic carbocycles. The topological polar surface area (TPSA) is 81.5 Å². The minimum absolute atomic E-state index is 0.0707. The van der Waals surface area contributed by atoms with Crippen LogP contribution >= 0.6 is 11.8 Å². The Hall–Kier alpha value is -2.26.